The van der Waals surface area contributed by atoms with Crippen LogP contribution in [0, 0.1) is 0 Å². The van der Waals surface area contributed by atoms with E-state index in [1.807, 2.05) is 24.3 Å². The molecule has 1 aromatic carbocycles. The van der Waals surface area contributed by atoms with E-state index in [4.69, 9.17) is 9.47 Å². The fraction of sp³-hybridized carbons (Fsp3) is 0.455. The van der Waals surface area contributed by atoms with E-state index in [9.17, 15) is 0 Å². The minimum absolute atomic E-state index is 0.297. The molecule has 1 atom stereocenters. The lowest BCUT2D eigenvalue weighted by molar-refractivity contribution is 0.0591. The molecule has 0 aromatic heterocycles. The highest BCUT2D eigenvalue weighted by Gasteiger charge is 2.13. The Morgan fingerprint density at radius 3 is 3.07 bits per heavy atom. The molecule has 1 heterocycles. The van der Waals surface area contributed by atoms with Gasteiger partial charge in [0, 0.05) is 6.54 Å². The zero-order valence-electron chi connectivity index (χ0n) is 8.41. The average Bonchev–Trinajstić information content (AvgIpc) is 2.29. The summed E-state index contributed by atoms with van der Waals surface area (Å²) < 4.78 is 12.0. The van der Waals surface area contributed by atoms with Gasteiger partial charge in [0.25, 0.3) is 0 Å². The molecule has 0 bridgehead atoms. The lowest BCUT2D eigenvalue weighted by Crippen LogP contribution is -2.44. The highest BCUT2D eigenvalue weighted by atomic mass is 79.9. The van der Waals surface area contributed by atoms with Gasteiger partial charge in [-0.25, -0.2) is 0 Å². The van der Waals surface area contributed by atoms with Crippen LogP contribution in [0.1, 0.15) is 0 Å². The Labute approximate surface area is 97.9 Å². The fourth-order valence-corrected chi connectivity index (χ4v) is 1.88. The van der Waals surface area contributed by atoms with Crippen LogP contribution in [-0.4, -0.2) is 32.4 Å². The standard InChI is InChI=1S/C11H14BrNO2/c12-10-3-1-2-4-11(10)15-8-9-7-14-6-5-13-9/h1-4,9,13H,5-8H2/t9-/m0/s1. The van der Waals surface area contributed by atoms with Gasteiger partial charge in [-0.05, 0) is 28.1 Å². The van der Waals surface area contributed by atoms with Crippen molar-refractivity contribution in [3.05, 3.63) is 28.7 Å². The summed E-state index contributed by atoms with van der Waals surface area (Å²) in [4.78, 5) is 0. The Morgan fingerprint density at radius 1 is 1.47 bits per heavy atom. The molecule has 1 aliphatic rings. The maximum absolute atomic E-state index is 5.69. The van der Waals surface area contributed by atoms with Crippen molar-refractivity contribution in [3.8, 4) is 5.75 Å². The van der Waals surface area contributed by atoms with Crippen molar-refractivity contribution in [2.24, 2.45) is 0 Å². The van der Waals surface area contributed by atoms with Crippen LogP contribution in [0.2, 0.25) is 0 Å². The molecule has 0 saturated carbocycles. The van der Waals surface area contributed by atoms with Crippen molar-refractivity contribution in [3.63, 3.8) is 0 Å². The van der Waals surface area contributed by atoms with Crippen LogP contribution in [0.15, 0.2) is 28.7 Å². The van der Waals surface area contributed by atoms with E-state index in [1.54, 1.807) is 0 Å². The second-order valence-corrected chi connectivity index (χ2v) is 4.32. The van der Waals surface area contributed by atoms with Crippen LogP contribution in [0.4, 0.5) is 0 Å². The first-order valence-electron chi connectivity index (χ1n) is 5.05. The number of hydrogen-bond donors (Lipinski definition) is 1. The van der Waals surface area contributed by atoms with Gasteiger partial charge >= 0.3 is 0 Å². The normalized spacial score (nSPS) is 21.3. The molecule has 1 fully saturated rings. The van der Waals surface area contributed by atoms with Crippen LogP contribution in [-0.2, 0) is 4.74 Å². The summed E-state index contributed by atoms with van der Waals surface area (Å²) in [5.74, 6) is 0.880. The zero-order valence-corrected chi connectivity index (χ0v) is 10.00. The van der Waals surface area contributed by atoms with Crippen LogP contribution in [0.3, 0.4) is 0 Å². The third kappa shape index (κ3) is 3.19. The summed E-state index contributed by atoms with van der Waals surface area (Å²) in [6, 6.07) is 8.16. The van der Waals surface area contributed by atoms with E-state index in [-0.39, 0.29) is 0 Å². The van der Waals surface area contributed by atoms with Crippen molar-refractivity contribution in [1.82, 2.24) is 5.32 Å². The monoisotopic (exact) mass is 271 g/mol. The Hall–Kier alpha value is -0.580. The van der Waals surface area contributed by atoms with Gasteiger partial charge in [-0.2, -0.15) is 0 Å². The molecule has 4 heteroatoms. The van der Waals surface area contributed by atoms with Crippen molar-refractivity contribution in [2.75, 3.05) is 26.4 Å². The number of benzene rings is 1. The molecule has 15 heavy (non-hydrogen) atoms. The first-order valence-corrected chi connectivity index (χ1v) is 5.84. The Balaban J connectivity index is 1.84. The molecule has 2 rings (SSSR count). The third-order valence-corrected chi connectivity index (χ3v) is 2.93. The second-order valence-electron chi connectivity index (χ2n) is 3.47. The minimum Gasteiger partial charge on any atom is -0.491 e. The van der Waals surface area contributed by atoms with Gasteiger partial charge in [0.05, 0.1) is 23.7 Å². The van der Waals surface area contributed by atoms with Crippen LogP contribution < -0.4 is 10.1 Å². The lowest BCUT2D eigenvalue weighted by Gasteiger charge is -2.23. The van der Waals surface area contributed by atoms with Crippen LogP contribution in [0.5, 0.6) is 5.75 Å². The molecule has 1 N–H and O–H groups in total. The highest BCUT2D eigenvalue weighted by molar-refractivity contribution is 9.10. The molecular weight excluding hydrogens is 258 g/mol. The van der Waals surface area contributed by atoms with Gasteiger partial charge in [-0.15, -0.1) is 0 Å². The highest BCUT2D eigenvalue weighted by Crippen LogP contribution is 2.23. The molecule has 1 saturated heterocycles. The Kier molecular flexibility index (Phi) is 4.00. The summed E-state index contributed by atoms with van der Waals surface area (Å²) in [5.41, 5.74) is 0. The van der Waals surface area contributed by atoms with Gasteiger partial charge in [-0.1, -0.05) is 12.1 Å². The largest absolute Gasteiger partial charge is 0.491 e. The van der Waals surface area contributed by atoms with E-state index in [1.165, 1.54) is 0 Å². The first kappa shape index (κ1) is 10.9. The van der Waals surface area contributed by atoms with Crippen molar-refractivity contribution in [1.29, 1.82) is 0 Å². The summed E-state index contributed by atoms with van der Waals surface area (Å²) >= 11 is 3.44. The predicted octanol–water partition coefficient (Wildman–Crippen LogP) is 1.82. The van der Waals surface area contributed by atoms with E-state index in [0.29, 0.717) is 12.6 Å². The topological polar surface area (TPSA) is 30.5 Å². The summed E-state index contributed by atoms with van der Waals surface area (Å²) in [5, 5.41) is 3.34. The van der Waals surface area contributed by atoms with E-state index < -0.39 is 0 Å². The van der Waals surface area contributed by atoms with Crippen molar-refractivity contribution in [2.45, 2.75) is 6.04 Å². The molecule has 0 amide bonds. The second kappa shape index (κ2) is 5.49. The molecule has 0 aliphatic carbocycles. The zero-order chi connectivity index (χ0) is 10.5. The number of para-hydroxylation sites is 1. The summed E-state index contributed by atoms with van der Waals surface area (Å²) in [7, 11) is 0. The molecule has 3 nitrogen and oxygen atoms in total. The number of hydrogen-bond acceptors (Lipinski definition) is 3. The number of nitrogens with one attached hydrogen (secondary N) is 1. The molecule has 1 aliphatic heterocycles. The SMILES string of the molecule is Brc1ccccc1OC[C@@H]1COCCN1. The number of halogens is 1. The molecule has 0 radical (unpaired) electrons. The van der Waals surface area contributed by atoms with E-state index >= 15 is 0 Å². The van der Waals surface area contributed by atoms with E-state index in [2.05, 4.69) is 21.2 Å². The fourth-order valence-electron chi connectivity index (χ4n) is 1.48. The maximum atomic E-state index is 5.69. The Morgan fingerprint density at radius 2 is 2.33 bits per heavy atom. The van der Waals surface area contributed by atoms with Crippen LogP contribution in [0.25, 0.3) is 0 Å². The van der Waals surface area contributed by atoms with Gasteiger partial charge in [0.15, 0.2) is 0 Å². The molecule has 0 unspecified atom stereocenters. The van der Waals surface area contributed by atoms with Crippen LogP contribution >= 0.6 is 15.9 Å². The quantitative estimate of drug-likeness (QED) is 0.910. The smallest absolute Gasteiger partial charge is 0.133 e. The lowest BCUT2D eigenvalue weighted by atomic mass is 10.3. The third-order valence-electron chi connectivity index (χ3n) is 2.28. The molecule has 82 valence electrons. The van der Waals surface area contributed by atoms with Gasteiger partial charge < -0.3 is 14.8 Å². The maximum Gasteiger partial charge on any atom is 0.133 e. The predicted molar refractivity (Wildman–Crippen MR) is 62.2 cm³/mol. The van der Waals surface area contributed by atoms with Gasteiger partial charge in [0.2, 0.25) is 0 Å². The first-order chi connectivity index (χ1) is 7.36. The van der Waals surface area contributed by atoms with Gasteiger partial charge in [0.1, 0.15) is 12.4 Å². The summed E-state index contributed by atoms with van der Waals surface area (Å²) in [6.45, 7) is 3.07. The molecular formula is C11H14BrNO2. The summed E-state index contributed by atoms with van der Waals surface area (Å²) in [6.07, 6.45) is 0. The number of morpholine rings is 1. The molecule has 1 aromatic rings. The minimum atomic E-state index is 0.297. The van der Waals surface area contributed by atoms with Gasteiger partial charge in [-0.3, -0.25) is 0 Å². The van der Waals surface area contributed by atoms with Crippen molar-refractivity contribution >= 4 is 15.9 Å². The molecule has 0 spiro atoms. The van der Waals surface area contributed by atoms with Crippen molar-refractivity contribution < 1.29 is 9.47 Å². The Bertz CT molecular complexity index is 313. The average molecular weight is 272 g/mol. The van der Waals surface area contributed by atoms with E-state index in [0.717, 1.165) is 30.0 Å². The number of rotatable bonds is 3. The number of ether oxygens (including phenoxy) is 2.